The molecule has 0 heterocycles. The van der Waals surface area contributed by atoms with Crippen molar-refractivity contribution in [2.24, 2.45) is 11.8 Å². The summed E-state index contributed by atoms with van der Waals surface area (Å²) in [6.45, 7) is 1.87. The molecular weight excluding hydrogens is 260 g/mol. The van der Waals surface area contributed by atoms with Gasteiger partial charge in [-0.1, -0.05) is 12.2 Å². The van der Waals surface area contributed by atoms with Crippen LogP contribution >= 0.6 is 0 Å². The Morgan fingerprint density at radius 3 is 2.75 bits per heavy atom. The van der Waals surface area contributed by atoms with E-state index in [1.165, 1.54) is 12.8 Å². The Bertz CT molecular complexity index is 393. The Morgan fingerprint density at radius 2 is 2.15 bits per heavy atom. The lowest BCUT2D eigenvalue weighted by atomic mass is 10.1. The molecule has 2 N–H and O–H groups in total. The molecule has 2 rings (SSSR count). The summed E-state index contributed by atoms with van der Waals surface area (Å²) in [6.07, 6.45) is 6.32. The Hall–Kier alpha value is -1.56. The fourth-order valence-corrected chi connectivity index (χ4v) is 2.10. The predicted molar refractivity (Wildman–Crippen MR) is 73.4 cm³/mol. The molecule has 112 valence electrons. The lowest BCUT2D eigenvalue weighted by Gasteiger charge is -2.20. The number of nitrogens with one attached hydrogen (secondary N) is 1. The molecule has 2 aliphatic rings. The number of aliphatic carboxylic acids is 1. The first-order valence-electron chi connectivity index (χ1n) is 7.06. The quantitative estimate of drug-likeness (QED) is 0.541. The van der Waals surface area contributed by atoms with Crippen molar-refractivity contribution in [3.05, 3.63) is 12.2 Å². The molecule has 6 heteroatoms. The van der Waals surface area contributed by atoms with Crippen LogP contribution in [-0.4, -0.2) is 54.9 Å². The number of carboxylic acids is 1. The summed E-state index contributed by atoms with van der Waals surface area (Å²) in [7, 11) is 1.71. The molecule has 6 nitrogen and oxygen atoms in total. The van der Waals surface area contributed by atoms with Crippen LogP contribution in [0, 0.1) is 11.8 Å². The minimum Gasteiger partial charge on any atom is -0.481 e. The molecule has 0 aromatic heterocycles. The Morgan fingerprint density at radius 1 is 1.40 bits per heavy atom. The van der Waals surface area contributed by atoms with Gasteiger partial charge in [-0.15, -0.1) is 0 Å². The molecule has 1 fully saturated rings. The lowest BCUT2D eigenvalue weighted by Crippen LogP contribution is -2.43. The molecule has 0 saturated heterocycles. The van der Waals surface area contributed by atoms with Gasteiger partial charge in [0.15, 0.2) is 0 Å². The molecule has 1 saturated carbocycles. The summed E-state index contributed by atoms with van der Waals surface area (Å²) in [6, 6.07) is -0.390. The normalized spacial score (nSPS) is 24.6. The van der Waals surface area contributed by atoms with E-state index in [1.807, 2.05) is 0 Å². The predicted octanol–water partition coefficient (Wildman–Crippen LogP) is 1.08. The van der Waals surface area contributed by atoms with Crippen LogP contribution in [0.5, 0.6) is 0 Å². The minimum absolute atomic E-state index is 0.194. The molecular formula is C14H22N2O4. The van der Waals surface area contributed by atoms with Gasteiger partial charge in [0.05, 0.1) is 18.6 Å². The van der Waals surface area contributed by atoms with Crippen molar-refractivity contribution in [3.63, 3.8) is 0 Å². The molecule has 20 heavy (non-hydrogen) atoms. The molecule has 0 radical (unpaired) electrons. The molecule has 2 aliphatic carbocycles. The van der Waals surface area contributed by atoms with Gasteiger partial charge in [-0.25, -0.2) is 4.79 Å². The van der Waals surface area contributed by atoms with Crippen molar-refractivity contribution in [2.75, 3.05) is 26.8 Å². The fraction of sp³-hybridized carbons (Fsp3) is 0.714. The number of urea groups is 1. The molecule has 0 aromatic carbocycles. The van der Waals surface area contributed by atoms with Gasteiger partial charge >= 0.3 is 12.0 Å². The number of hydrogen-bond donors (Lipinski definition) is 2. The SMILES string of the molecule is CN(CCOCC1CC1)C(=O)NC1C=CC(C(=O)O)C1. The molecule has 0 bridgehead atoms. The third-order valence-electron chi connectivity index (χ3n) is 3.68. The van der Waals surface area contributed by atoms with Gasteiger partial charge in [0, 0.05) is 20.2 Å². The van der Waals surface area contributed by atoms with Gasteiger partial charge < -0.3 is 20.1 Å². The van der Waals surface area contributed by atoms with Gasteiger partial charge in [-0.2, -0.15) is 0 Å². The zero-order valence-corrected chi connectivity index (χ0v) is 11.7. The van der Waals surface area contributed by atoms with Crippen LogP contribution in [0.1, 0.15) is 19.3 Å². The van der Waals surface area contributed by atoms with E-state index in [2.05, 4.69) is 5.32 Å². The average molecular weight is 282 g/mol. The van der Waals surface area contributed by atoms with Gasteiger partial charge in [-0.3, -0.25) is 4.79 Å². The number of hydrogen-bond acceptors (Lipinski definition) is 3. The van der Waals surface area contributed by atoms with Gasteiger partial charge in [-0.05, 0) is 25.2 Å². The number of amides is 2. The van der Waals surface area contributed by atoms with Crippen LogP contribution in [0.25, 0.3) is 0 Å². The first kappa shape index (κ1) is 14.8. The monoisotopic (exact) mass is 282 g/mol. The standard InChI is InChI=1S/C14H22N2O4/c1-16(6-7-20-9-10-2-3-10)14(19)15-12-5-4-11(8-12)13(17)18/h4-5,10-12H,2-3,6-9H2,1H3,(H,15,19)(H,17,18). The number of rotatable bonds is 7. The molecule has 2 atom stereocenters. The topological polar surface area (TPSA) is 78.9 Å². The molecule has 0 aliphatic heterocycles. The maximum atomic E-state index is 11.9. The number of carboxylic acid groups (broad SMARTS) is 1. The zero-order valence-electron chi connectivity index (χ0n) is 11.7. The van der Waals surface area contributed by atoms with E-state index < -0.39 is 11.9 Å². The Kier molecular flexibility index (Phi) is 5.00. The fourth-order valence-electron chi connectivity index (χ4n) is 2.10. The first-order valence-corrected chi connectivity index (χ1v) is 7.06. The van der Waals surface area contributed by atoms with Crippen molar-refractivity contribution < 1.29 is 19.4 Å². The molecule has 0 aromatic rings. The number of carbonyl (C=O) groups excluding carboxylic acids is 1. The molecule has 2 amide bonds. The number of ether oxygens (including phenoxy) is 1. The van der Waals surface area contributed by atoms with E-state index in [4.69, 9.17) is 9.84 Å². The highest BCUT2D eigenvalue weighted by Crippen LogP contribution is 2.28. The van der Waals surface area contributed by atoms with Crippen molar-refractivity contribution in [1.29, 1.82) is 0 Å². The van der Waals surface area contributed by atoms with Gasteiger partial charge in [0.1, 0.15) is 0 Å². The van der Waals surface area contributed by atoms with Crippen molar-refractivity contribution >= 4 is 12.0 Å². The van der Waals surface area contributed by atoms with Crippen molar-refractivity contribution in [3.8, 4) is 0 Å². The van der Waals surface area contributed by atoms with E-state index in [9.17, 15) is 9.59 Å². The highest BCUT2D eigenvalue weighted by molar-refractivity contribution is 5.76. The summed E-state index contributed by atoms with van der Waals surface area (Å²) in [4.78, 5) is 24.3. The van der Waals surface area contributed by atoms with Crippen LogP contribution in [0.4, 0.5) is 4.79 Å². The minimum atomic E-state index is -0.847. The lowest BCUT2D eigenvalue weighted by molar-refractivity contribution is -0.140. The summed E-state index contributed by atoms with van der Waals surface area (Å²) in [5.41, 5.74) is 0. The maximum absolute atomic E-state index is 11.9. The van der Waals surface area contributed by atoms with Crippen LogP contribution in [0.2, 0.25) is 0 Å². The highest BCUT2D eigenvalue weighted by atomic mass is 16.5. The Labute approximate surface area is 118 Å². The summed E-state index contributed by atoms with van der Waals surface area (Å²) in [5, 5.41) is 11.7. The summed E-state index contributed by atoms with van der Waals surface area (Å²) in [5.74, 6) is -0.613. The molecule has 2 unspecified atom stereocenters. The number of nitrogens with zero attached hydrogens (tertiary/aromatic N) is 1. The van der Waals surface area contributed by atoms with Crippen molar-refractivity contribution in [2.45, 2.75) is 25.3 Å². The largest absolute Gasteiger partial charge is 0.481 e. The van der Waals surface area contributed by atoms with Gasteiger partial charge in [0.25, 0.3) is 0 Å². The van der Waals surface area contributed by atoms with Crippen LogP contribution in [0.15, 0.2) is 12.2 Å². The van der Waals surface area contributed by atoms with Crippen LogP contribution < -0.4 is 5.32 Å². The second-order valence-electron chi connectivity index (χ2n) is 5.56. The van der Waals surface area contributed by atoms with Crippen molar-refractivity contribution in [1.82, 2.24) is 10.2 Å². The van der Waals surface area contributed by atoms with E-state index in [0.29, 0.717) is 19.6 Å². The van der Waals surface area contributed by atoms with E-state index in [0.717, 1.165) is 12.5 Å². The summed E-state index contributed by atoms with van der Waals surface area (Å²) < 4.78 is 5.48. The smallest absolute Gasteiger partial charge is 0.317 e. The second-order valence-corrected chi connectivity index (χ2v) is 5.56. The third-order valence-corrected chi connectivity index (χ3v) is 3.68. The van der Waals surface area contributed by atoms with Crippen LogP contribution in [-0.2, 0) is 9.53 Å². The Balaban J connectivity index is 1.61. The van der Waals surface area contributed by atoms with Crippen LogP contribution in [0.3, 0.4) is 0 Å². The van der Waals surface area contributed by atoms with E-state index >= 15 is 0 Å². The molecule has 0 spiro atoms. The zero-order chi connectivity index (χ0) is 14.5. The third kappa shape index (κ3) is 4.52. The van der Waals surface area contributed by atoms with E-state index in [1.54, 1.807) is 24.1 Å². The number of likely N-dealkylation sites (N-methyl/N-ethyl adjacent to an activating group) is 1. The summed E-state index contributed by atoms with van der Waals surface area (Å²) >= 11 is 0. The first-order chi connectivity index (χ1) is 9.56. The number of carbonyl (C=O) groups is 2. The van der Waals surface area contributed by atoms with E-state index in [-0.39, 0.29) is 12.1 Å². The average Bonchev–Trinajstić information content (AvgIpc) is 3.11. The maximum Gasteiger partial charge on any atom is 0.317 e. The highest BCUT2D eigenvalue weighted by Gasteiger charge is 2.26. The van der Waals surface area contributed by atoms with Gasteiger partial charge in [0.2, 0.25) is 0 Å². The second kappa shape index (κ2) is 6.74.